The number of nitrogens with two attached hydrogens (primary N) is 1. The highest BCUT2D eigenvalue weighted by atomic mass is 16.5. The maximum absolute atomic E-state index is 12.9. The molecule has 2 aromatic rings. The molecule has 4 heteroatoms. The highest BCUT2D eigenvalue weighted by Gasteiger charge is 2.24. The third-order valence-electron chi connectivity index (χ3n) is 4.26. The fraction of sp³-hybridized carbons (Fsp3) is 0.350. The van der Waals surface area contributed by atoms with E-state index in [0.29, 0.717) is 6.42 Å². The van der Waals surface area contributed by atoms with Crippen molar-refractivity contribution < 1.29 is 9.53 Å². The molecule has 1 heterocycles. The molecule has 0 unspecified atom stereocenters. The number of para-hydroxylation sites is 1. The first-order valence-corrected chi connectivity index (χ1v) is 8.48. The maximum Gasteiger partial charge on any atom is 0.231 e. The molecule has 2 aromatic carbocycles. The van der Waals surface area contributed by atoms with Gasteiger partial charge in [0.15, 0.2) is 0 Å². The number of anilines is 2. The number of nitrogen functional groups attached to an aromatic ring is 1. The Kier molecular flexibility index (Phi) is 4.74. The first-order valence-electron chi connectivity index (χ1n) is 8.48. The molecule has 3 rings (SSSR count). The van der Waals surface area contributed by atoms with Gasteiger partial charge in [0.2, 0.25) is 5.91 Å². The Morgan fingerprint density at radius 3 is 2.79 bits per heavy atom. The van der Waals surface area contributed by atoms with Gasteiger partial charge >= 0.3 is 0 Å². The lowest BCUT2D eigenvalue weighted by atomic mass is 9.99. The van der Waals surface area contributed by atoms with E-state index in [4.69, 9.17) is 10.5 Å². The fourth-order valence-corrected chi connectivity index (χ4v) is 3.19. The average Bonchev–Trinajstić information content (AvgIpc) is 2.56. The smallest absolute Gasteiger partial charge is 0.231 e. The number of nitrogens with zero attached hydrogens (tertiary/aromatic N) is 1. The predicted molar refractivity (Wildman–Crippen MR) is 97.4 cm³/mol. The van der Waals surface area contributed by atoms with Crippen molar-refractivity contribution >= 4 is 17.3 Å². The second kappa shape index (κ2) is 6.95. The molecule has 0 bridgehead atoms. The van der Waals surface area contributed by atoms with Crippen molar-refractivity contribution in [3.05, 3.63) is 53.6 Å². The quantitative estimate of drug-likeness (QED) is 0.875. The molecule has 126 valence electrons. The van der Waals surface area contributed by atoms with Crippen LogP contribution < -0.4 is 15.4 Å². The Labute approximate surface area is 143 Å². The maximum atomic E-state index is 12.9. The monoisotopic (exact) mass is 324 g/mol. The number of fused-ring (bicyclic) bond motifs is 1. The molecule has 4 nitrogen and oxygen atoms in total. The van der Waals surface area contributed by atoms with Crippen LogP contribution in [0.15, 0.2) is 42.5 Å². The van der Waals surface area contributed by atoms with E-state index < -0.39 is 0 Å². The van der Waals surface area contributed by atoms with Crippen molar-refractivity contribution in [1.82, 2.24) is 0 Å². The summed E-state index contributed by atoms with van der Waals surface area (Å²) in [4.78, 5) is 14.8. The van der Waals surface area contributed by atoms with Gasteiger partial charge in [0, 0.05) is 23.5 Å². The molecule has 0 aliphatic carbocycles. The highest BCUT2D eigenvalue weighted by molar-refractivity contribution is 5.97. The number of amides is 1. The van der Waals surface area contributed by atoms with Crippen molar-refractivity contribution in [3.63, 3.8) is 0 Å². The van der Waals surface area contributed by atoms with Crippen molar-refractivity contribution in [2.45, 2.75) is 39.2 Å². The van der Waals surface area contributed by atoms with Gasteiger partial charge in [-0.3, -0.25) is 4.79 Å². The van der Waals surface area contributed by atoms with E-state index in [2.05, 4.69) is 0 Å². The van der Waals surface area contributed by atoms with Crippen LogP contribution in [0.3, 0.4) is 0 Å². The number of rotatable bonds is 4. The molecule has 1 aliphatic heterocycles. The molecule has 0 spiro atoms. The van der Waals surface area contributed by atoms with Crippen LogP contribution in [-0.4, -0.2) is 18.6 Å². The molecule has 2 N–H and O–H groups in total. The van der Waals surface area contributed by atoms with E-state index in [0.717, 1.165) is 47.6 Å². The summed E-state index contributed by atoms with van der Waals surface area (Å²) in [6.45, 7) is 4.72. The third kappa shape index (κ3) is 3.37. The Morgan fingerprint density at radius 2 is 2.00 bits per heavy atom. The number of hydrogen-bond acceptors (Lipinski definition) is 3. The topological polar surface area (TPSA) is 55.6 Å². The molecular formula is C20H24N2O2. The highest BCUT2D eigenvalue weighted by Crippen LogP contribution is 2.32. The zero-order chi connectivity index (χ0) is 17.1. The average molecular weight is 324 g/mol. The summed E-state index contributed by atoms with van der Waals surface area (Å²) < 4.78 is 5.83. The predicted octanol–water partition coefficient (Wildman–Crippen LogP) is 3.58. The summed E-state index contributed by atoms with van der Waals surface area (Å²) in [5.74, 6) is 0.868. The van der Waals surface area contributed by atoms with Gasteiger partial charge in [0.1, 0.15) is 5.75 Å². The summed E-state index contributed by atoms with van der Waals surface area (Å²) in [6.07, 6.45) is 2.28. The standard InChI is InChI=1S/C20H24N2O2/c1-14(2)24-19-11-4-3-7-15(19)13-20(23)22-12-6-8-16-17(21)9-5-10-18(16)22/h3-5,7,9-11,14H,6,8,12-13,21H2,1-2H3. The number of benzene rings is 2. The zero-order valence-corrected chi connectivity index (χ0v) is 14.3. The van der Waals surface area contributed by atoms with Crippen molar-refractivity contribution in [2.75, 3.05) is 17.2 Å². The zero-order valence-electron chi connectivity index (χ0n) is 14.3. The van der Waals surface area contributed by atoms with Gasteiger partial charge in [-0.25, -0.2) is 0 Å². The van der Waals surface area contributed by atoms with E-state index in [9.17, 15) is 4.79 Å². The minimum absolute atomic E-state index is 0.0803. The first-order chi connectivity index (χ1) is 11.6. The number of ether oxygens (including phenoxy) is 1. The Morgan fingerprint density at radius 1 is 1.21 bits per heavy atom. The lowest BCUT2D eigenvalue weighted by Gasteiger charge is -2.30. The number of carbonyl (C=O) groups excluding carboxylic acids is 1. The van der Waals surface area contributed by atoms with Gasteiger partial charge in [0.25, 0.3) is 0 Å². The molecule has 0 aromatic heterocycles. The lowest BCUT2D eigenvalue weighted by molar-refractivity contribution is -0.118. The Bertz CT molecular complexity index is 740. The summed E-state index contributed by atoms with van der Waals surface area (Å²) in [5.41, 5.74) is 9.81. The number of hydrogen-bond donors (Lipinski definition) is 1. The van der Waals surface area contributed by atoms with E-state index in [-0.39, 0.29) is 12.0 Å². The summed E-state index contributed by atoms with van der Waals surface area (Å²) in [7, 11) is 0. The van der Waals surface area contributed by atoms with Crippen LogP contribution in [0.4, 0.5) is 11.4 Å². The lowest BCUT2D eigenvalue weighted by Crippen LogP contribution is -2.36. The van der Waals surface area contributed by atoms with E-state index in [1.165, 1.54) is 0 Å². The number of carbonyl (C=O) groups is 1. The minimum Gasteiger partial charge on any atom is -0.491 e. The molecular weight excluding hydrogens is 300 g/mol. The molecule has 0 saturated carbocycles. The van der Waals surface area contributed by atoms with Gasteiger partial charge in [0.05, 0.1) is 12.5 Å². The summed E-state index contributed by atoms with van der Waals surface area (Å²) >= 11 is 0. The Balaban J connectivity index is 1.84. The fourth-order valence-electron chi connectivity index (χ4n) is 3.19. The van der Waals surface area contributed by atoms with Crippen LogP contribution in [0.1, 0.15) is 31.4 Å². The van der Waals surface area contributed by atoms with Gasteiger partial charge in [-0.2, -0.15) is 0 Å². The first kappa shape index (κ1) is 16.4. The van der Waals surface area contributed by atoms with E-state index >= 15 is 0 Å². The summed E-state index contributed by atoms with van der Waals surface area (Å²) in [5, 5.41) is 0. The van der Waals surface area contributed by atoms with E-state index in [1.807, 2.05) is 61.2 Å². The van der Waals surface area contributed by atoms with Gasteiger partial charge in [-0.1, -0.05) is 24.3 Å². The van der Waals surface area contributed by atoms with Crippen molar-refractivity contribution in [3.8, 4) is 5.75 Å². The molecule has 0 saturated heterocycles. The minimum atomic E-state index is 0.0803. The van der Waals surface area contributed by atoms with Crippen LogP contribution in [-0.2, 0) is 17.6 Å². The van der Waals surface area contributed by atoms with Crippen molar-refractivity contribution in [1.29, 1.82) is 0 Å². The van der Waals surface area contributed by atoms with Gasteiger partial charge in [-0.05, 0) is 50.5 Å². The van der Waals surface area contributed by atoms with Gasteiger partial charge < -0.3 is 15.4 Å². The summed E-state index contributed by atoms with van der Waals surface area (Å²) in [6, 6.07) is 13.6. The SMILES string of the molecule is CC(C)Oc1ccccc1CC(=O)N1CCCc2c(N)cccc21. The molecule has 0 atom stereocenters. The molecule has 0 radical (unpaired) electrons. The second-order valence-corrected chi connectivity index (χ2v) is 6.44. The van der Waals surface area contributed by atoms with Crippen LogP contribution >= 0.6 is 0 Å². The van der Waals surface area contributed by atoms with Crippen LogP contribution in [0.5, 0.6) is 5.75 Å². The van der Waals surface area contributed by atoms with E-state index in [1.54, 1.807) is 0 Å². The molecule has 1 amide bonds. The normalized spacial score (nSPS) is 13.7. The molecule has 24 heavy (non-hydrogen) atoms. The largest absolute Gasteiger partial charge is 0.491 e. The third-order valence-corrected chi connectivity index (χ3v) is 4.26. The van der Waals surface area contributed by atoms with Crippen LogP contribution in [0.2, 0.25) is 0 Å². The van der Waals surface area contributed by atoms with Crippen molar-refractivity contribution in [2.24, 2.45) is 0 Å². The van der Waals surface area contributed by atoms with Gasteiger partial charge in [-0.15, -0.1) is 0 Å². The second-order valence-electron chi connectivity index (χ2n) is 6.44. The molecule has 1 aliphatic rings. The Hall–Kier alpha value is -2.49. The van der Waals surface area contributed by atoms with Crippen LogP contribution in [0.25, 0.3) is 0 Å². The van der Waals surface area contributed by atoms with Crippen LogP contribution in [0, 0.1) is 0 Å². The molecule has 0 fully saturated rings.